The van der Waals surface area contributed by atoms with Crippen LogP contribution in [-0.4, -0.2) is 50.4 Å². The molecule has 2 saturated heterocycles. The number of rotatable bonds is 2. The highest BCUT2D eigenvalue weighted by atomic mass is 16.2. The van der Waals surface area contributed by atoms with Crippen molar-refractivity contribution in [1.29, 1.82) is 0 Å². The summed E-state index contributed by atoms with van der Waals surface area (Å²) >= 11 is 0. The van der Waals surface area contributed by atoms with E-state index < -0.39 is 0 Å². The van der Waals surface area contributed by atoms with Gasteiger partial charge in [-0.1, -0.05) is 12.1 Å². The maximum absolute atomic E-state index is 12.5. The van der Waals surface area contributed by atoms with Crippen LogP contribution in [-0.2, 0) is 18.4 Å². The minimum atomic E-state index is -0.0471. The van der Waals surface area contributed by atoms with Crippen LogP contribution >= 0.6 is 0 Å². The summed E-state index contributed by atoms with van der Waals surface area (Å²) < 4.78 is 2.15. The number of aromatic nitrogens is 2. The molecule has 2 fully saturated rings. The zero-order valence-corrected chi connectivity index (χ0v) is 13.2. The summed E-state index contributed by atoms with van der Waals surface area (Å²) in [6, 6.07) is 8.55. The predicted molar refractivity (Wildman–Crippen MR) is 85.3 cm³/mol. The van der Waals surface area contributed by atoms with Gasteiger partial charge in [0, 0.05) is 26.2 Å². The van der Waals surface area contributed by atoms with E-state index in [2.05, 4.69) is 27.5 Å². The van der Waals surface area contributed by atoms with E-state index >= 15 is 0 Å². The van der Waals surface area contributed by atoms with Crippen LogP contribution in [0.4, 0.5) is 0 Å². The lowest BCUT2D eigenvalue weighted by Crippen LogP contribution is -2.58. The predicted octanol–water partition coefficient (Wildman–Crippen LogP) is 1.77. The first-order valence-electron chi connectivity index (χ1n) is 8.10. The first kappa shape index (κ1) is 13.8. The van der Waals surface area contributed by atoms with Crippen LogP contribution in [0.2, 0.25) is 0 Å². The molecule has 0 bridgehead atoms. The van der Waals surface area contributed by atoms with Gasteiger partial charge in [0.05, 0.1) is 23.6 Å². The maximum Gasteiger partial charge on any atom is 0.239 e. The highest BCUT2D eigenvalue weighted by Crippen LogP contribution is 2.27. The molecule has 2 aromatic rings. The minimum Gasteiger partial charge on any atom is -0.337 e. The van der Waals surface area contributed by atoms with Crippen LogP contribution in [0.1, 0.15) is 25.6 Å². The van der Waals surface area contributed by atoms with Crippen LogP contribution in [0.15, 0.2) is 24.3 Å². The summed E-state index contributed by atoms with van der Waals surface area (Å²) in [5.41, 5.74) is 2.18. The number of aryl methyl sites for hydroxylation is 1. The van der Waals surface area contributed by atoms with Crippen LogP contribution in [0.5, 0.6) is 0 Å². The van der Waals surface area contributed by atoms with Crippen molar-refractivity contribution in [3.05, 3.63) is 30.1 Å². The molecule has 22 heavy (non-hydrogen) atoms. The van der Waals surface area contributed by atoms with E-state index in [9.17, 15) is 4.79 Å². The molecule has 2 aliphatic heterocycles. The zero-order chi connectivity index (χ0) is 15.3. The number of carbonyl (C=O) groups is 1. The first-order valence-corrected chi connectivity index (χ1v) is 8.10. The van der Waals surface area contributed by atoms with E-state index in [0.717, 1.165) is 49.3 Å². The number of hydrogen-bond donors (Lipinski definition) is 0. The van der Waals surface area contributed by atoms with Gasteiger partial charge in [0.2, 0.25) is 5.91 Å². The van der Waals surface area contributed by atoms with E-state index in [-0.39, 0.29) is 11.9 Å². The third-order valence-corrected chi connectivity index (χ3v) is 5.23. The molecule has 1 aromatic heterocycles. The SMILES string of the molecule is C[C@@H]1C(=O)N2CCC[C@H]2CN1Cc1nc2ccccc2n1C. The second-order valence-electron chi connectivity index (χ2n) is 6.51. The van der Waals surface area contributed by atoms with Crippen LogP contribution in [0.3, 0.4) is 0 Å². The number of para-hydroxylation sites is 2. The molecule has 2 aliphatic rings. The van der Waals surface area contributed by atoms with E-state index in [1.54, 1.807) is 0 Å². The molecule has 4 rings (SSSR count). The second-order valence-corrected chi connectivity index (χ2v) is 6.51. The molecule has 0 N–H and O–H groups in total. The fraction of sp³-hybridized carbons (Fsp3) is 0.529. The Balaban J connectivity index is 1.61. The molecule has 0 spiro atoms. The number of imidazole rings is 1. The standard InChI is InChI=1S/C17H22N4O/c1-12-17(22)21-9-5-6-13(21)10-20(12)11-16-18-14-7-3-4-8-15(14)19(16)2/h3-4,7-8,12-13H,5-6,9-11H2,1-2H3/t12-,13+/m1/s1. The van der Waals surface area contributed by atoms with Gasteiger partial charge in [-0.15, -0.1) is 0 Å². The summed E-state index contributed by atoms with van der Waals surface area (Å²) in [6.07, 6.45) is 2.28. The molecule has 5 heteroatoms. The number of piperazine rings is 1. The molecular formula is C17H22N4O. The van der Waals surface area contributed by atoms with Crippen LogP contribution < -0.4 is 0 Å². The van der Waals surface area contributed by atoms with Gasteiger partial charge in [-0.05, 0) is 31.9 Å². The number of amides is 1. The maximum atomic E-state index is 12.5. The highest BCUT2D eigenvalue weighted by molar-refractivity contribution is 5.83. The molecule has 3 heterocycles. The van der Waals surface area contributed by atoms with Crippen molar-refractivity contribution in [2.75, 3.05) is 13.1 Å². The molecule has 0 aliphatic carbocycles. The van der Waals surface area contributed by atoms with Crippen molar-refractivity contribution in [2.24, 2.45) is 7.05 Å². The fourth-order valence-electron chi connectivity index (χ4n) is 3.86. The lowest BCUT2D eigenvalue weighted by Gasteiger charge is -2.41. The number of fused-ring (bicyclic) bond motifs is 2. The Kier molecular flexibility index (Phi) is 3.18. The van der Waals surface area contributed by atoms with E-state index in [1.807, 2.05) is 25.1 Å². The molecule has 0 saturated carbocycles. The summed E-state index contributed by atoms with van der Waals surface area (Å²) in [6.45, 7) is 4.67. The van der Waals surface area contributed by atoms with E-state index in [4.69, 9.17) is 4.98 Å². The van der Waals surface area contributed by atoms with E-state index in [1.165, 1.54) is 0 Å². The Morgan fingerprint density at radius 1 is 1.32 bits per heavy atom. The quantitative estimate of drug-likeness (QED) is 0.848. The van der Waals surface area contributed by atoms with Crippen molar-refractivity contribution < 1.29 is 4.79 Å². The van der Waals surface area contributed by atoms with Crippen molar-refractivity contribution in [3.8, 4) is 0 Å². The topological polar surface area (TPSA) is 41.4 Å². The largest absolute Gasteiger partial charge is 0.337 e. The third-order valence-electron chi connectivity index (χ3n) is 5.23. The Morgan fingerprint density at radius 3 is 2.95 bits per heavy atom. The van der Waals surface area contributed by atoms with Gasteiger partial charge < -0.3 is 9.47 Å². The number of hydrogen-bond acceptors (Lipinski definition) is 3. The second kappa shape index (κ2) is 5.09. The van der Waals surface area contributed by atoms with Gasteiger partial charge >= 0.3 is 0 Å². The normalized spacial score (nSPS) is 25.9. The summed E-state index contributed by atoms with van der Waals surface area (Å²) in [7, 11) is 2.06. The monoisotopic (exact) mass is 298 g/mol. The Bertz CT molecular complexity index is 723. The molecule has 1 aromatic carbocycles. The Morgan fingerprint density at radius 2 is 2.14 bits per heavy atom. The van der Waals surface area contributed by atoms with Gasteiger partial charge in [-0.25, -0.2) is 4.98 Å². The molecular weight excluding hydrogens is 276 g/mol. The van der Waals surface area contributed by atoms with Gasteiger partial charge in [-0.3, -0.25) is 9.69 Å². The minimum absolute atomic E-state index is 0.0471. The number of carbonyl (C=O) groups excluding carboxylic acids is 1. The smallest absolute Gasteiger partial charge is 0.239 e. The van der Waals surface area contributed by atoms with Crippen LogP contribution in [0, 0.1) is 0 Å². The Hall–Kier alpha value is -1.88. The first-order chi connectivity index (χ1) is 10.6. The van der Waals surface area contributed by atoms with Gasteiger partial charge in [0.15, 0.2) is 0 Å². The van der Waals surface area contributed by atoms with Crippen LogP contribution in [0.25, 0.3) is 11.0 Å². The van der Waals surface area contributed by atoms with Gasteiger partial charge in [0.25, 0.3) is 0 Å². The van der Waals surface area contributed by atoms with Gasteiger partial charge in [0.1, 0.15) is 5.82 Å². The lowest BCUT2D eigenvalue weighted by molar-refractivity contribution is -0.143. The molecule has 2 atom stereocenters. The summed E-state index contributed by atoms with van der Waals surface area (Å²) in [5.74, 6) is 1.32. The molecule has 5 nitrogen and oxygen atoms in total. The molecule has 1 amide bonds. The van der Waals surface area contributed by atoms with Crippen molar-refractivity contribution >= 4 is 16.9 Å². The average molecular weight is 298 g/mol. The third kappa shape index (κ3) is 2.03. The van der Waals surface area contributed by atoms with Gasteiger partial charge in [-0.2, -0.15) is 0 Å². The summed E-state index contributed by atoms with van der Waals surface area (Å²) in [5, 5.41) is 0. The number of benzene rings is 1. The van der Waals surface area contributed by atoms with E-state index in [0.29, 0.717) is 6.04 Å². The molecule has 0 radical (unpaired) electrons. The lowest BCUT2D eigenvalue weighted by atomic mass is 10.1. The molecule has 116 valence electrons. The van der Waals surface area contributed by atoms with Crippen molar-refractivity contribution in [1.82, 2.24) is 19.4 Å². The fourth-order valence-corrected chi connectivity index (χ4v) is 3.86. The summed E-state index contributed by atoms with van der Waals surface area (Å²) in [4.78, 5) is 21.6. The molecule has 0 unspecified atom stereocenters. The zero-order valence-electron chi connectivity index (χ0n) is 13.2. The number of nitrogens with zero attached hydrogens (tertiary/aromatic N) is 4. The van der Waals surface area contributed by atoms with Crippen molar-refractivity contribution in [3.63, 3.8) is 0 Å². The Labute approximate surface area is 130 Å². The van der Waals surface area contributed by atoms with Crippen molar-refractivity contribution in [2.45, 2.75) is 38.4 Å². The average Bonchev–Trinajstić information content (AvgIpc) is 3.11. The highest BCUT2D eigenvalue weighted by Gasteiger charge is 2.40.